The Morgan fingerprint density at radius 2 is 0.788 bits per heavy atom. The molecule has 6 aromatic carbocycles. The van der Waals surface area contributed by atoms with Gasteiger partial charge in [0.15, 0.2) is 0 Å². The number of benzene rings is 4. The van der Waals surface area contributed by atoms with Gasteiger partial charge in [-0.3, -0.25) is 0 Å². The van der Waals surface area contributed by atoms with Crippen LogP contribution in [0.2, 0.25) is 6.04 Å². The van der Waals surface area contributed by atoms with E-state index in [1.807, 2.05) is 0 Å². The van der Waals surface area contributed by atoms with Crippen molar-refractivity contribution < 1.29 is 47.8 Å². The molecule has 0 amide bonds. The summed E-state index contributed by atoms with van der Waals surface area (Å²) in [6.07, 6.45) is 0. The Labute approximate surface area is 227 Å². The molecular weight excluding hydrogens is 649 g/mol. The number of halogens is 3. The van der Waals surface area contributed by atoms with E-state index in [-0.39, 0.29) is 29.6 Å². The average molecular weight is 672 g/mol. The fourth-order valence-electron chi connectivity index (χ4n) is 3.81. The summed E-state index contributed by atoms with van der Waals surface area (Å²) < 4.78 is 0. The third kappa shape index (κ3) is 6.80. The largest absolute Gasteiger partial charge is 1.00 e. The number of hydrogen-bond donors (Lipinski definition) is 0. The number of rotatable bonds is 1. The molecule has 0 N–H and O–H groups in total. The second kappa shape index (κ2) is 13.5. The van der Waals surface area contributed by atoms with Crippen LogP contribution in [-0.2, 0) is 23.0 Å². The fourth-order valence-corrected chi connectivity index (χ4v) is 3.81. The Hall–Kier alpha value is -1.42. The van der Waals surface area contributed by atoms with Gasteiger partial charge in [0.1, 0.15) is 0 Å². The zero-order valence-corrected chi connectivity index (χ0v) is 25.1. The van der Waals surface area contributed by atoms with Gasteiger partial charge in [-0.15, -0.1) is 79.5 Å². The molecule has 166 valence electrons. The molecule has 6 rings (SSSR count). The van der Waals surface area contributed by atoms with Crippen molar-refractivity contribution in [3.63, 3.8) is 0 Å². The van der Waals surface area contributed by atoms with Gasteiger partial charge in [0.2, 0.25) is 0 Å². The van der Waals surface area contributed by atoms with Crippen LogP contribution in [0.5, 0.6) is 0 Å². The zero-order valence-electron chi connectivity index (χ0n) is 18.2. The smallest absolute Gasteiger partial charge is 0.0771 e. The molecule has 0 aliphatic rings. The summed E-state index contributed by atoms with van der Waals surface area (Å²) >= 11 is 6.86. The first-order valence-corrected chi connectivity index (χ1v) is 18.6. The molecule has 0 spiro atoms. The van der Waals surface area contributed by atoms with Crippen LogP contribution >= 0.6 is 11.1 Å². The van der Waals surface area contributed by atoms with Gasteiger partial charge in [-0.05, 0) is 0 Å². The van der Waals surface area contributed by atoms with Gasteiger partial charge in [-0.25, -0.2) is 0 Å². The average Bonchev–Trinajstić information content (AvgIpc) is 3.38. The molecule has 6 aromatic rings. The van der Waals surface area contributed by atoms with Gasteiger partial charge in [0.05, 0.1) is 0 Å². The molecule has 0 atom stereocenters. The molecule has 0 unspecified atom stereocenters. The maximum atomic E-state index is 5.63. The Morgan fingerprint density at radius 1 is 0.576 bits per heavy atom. The SMILES string of the molecule is CC[Si](Cl)=[Hf+2].[Cl-].[Cl-].c1ccc2c(c1)[cH-]c1ccccc12.c1ccc2c(c1)[cH-]c1ccccc12. The molecule has 0 aromatic heterocycles. The van der Waals surface area contributed by atoms with E-state index in [0.717, 1.165) is 0 Å². The van der Waals surface area contributed by atoms with Gasteiger partial charge in [-0.1, -0.05) is 72.8 Å². The quantitative estimate of drug-likeness (QED) is 0.143. The fraction of sp³-hybridized carbons (Fsp3) is 0.0714. The first-order chi connectivity index (χ1) is 15.2. The summed E-state index contributed by atoms with van der Waals surface area (Å²) in [5, 5.41) is 10.8. The second-order valence-corrected chi connectivity index (χ2v) is 20.2. The molecule has 0 aliphatic heterocycles. The van der Waals surface area contributed by atoms with Gasteiger partial charge in [-0.2, -0.15) is 0 Å². The van der Waals surface area contributed by atoms with E-state index in [1.54, 1.807) is 0 Å². The van der Waals surface area contributed by atoms with Crippen molar-refractivity contribution in [2.45, 2.75) is 13.0 Å². The van der Waals surface area contributed by atoms with Crippen molar-refractivity contribution in [1.29, 1.82) is 0 Å². The van der Waals surface area contributed by atoms with Crippen LogP contribution in [0.4, 0.5) is 0 Å². The number of fused-ring (bicyclic) bond motifs is 6. The van der Waals surface area contributed by atoms with Crippen LogP contribution in [0.25, 0.3) is 43.1 Å². The van der Waals surface area contributed by atoms with Gasteiger partial charge in [0.25, 0.3) is 0 Å². The first kappa shape index (κ1) is 27.8. The van der Waals surface area contributed by atoms with E-state index >= 15 is 0 Å². The van der Waals surface area contributed by atoms with E-state index in [4.69, 9.17) is 11.1 Å². The van der Waals surface area contributed by atoms with Crippen LogP contribution in [0.15, 0.2) is 109 Å². The maximum absolute atomic E-state index is 5.63. The van der Waals surface area contributed by atoms with Gasteiger partial charge in [0, 0.05) is 0 Å². The molecule has 0 saturated carbocycles. The molecule has 33 heavy (non-hydrogen) atoms. The minimum absolute atomic E-state index is 0. The van der Waals surface area contributed by atoms with Crippen molar-refractivity contribution >= 4 is 59.0 Å². The molecule has 5 heteroatoms. The predicted molar refractivity (Wildman–Crippen MR) is 136 cm³/mol. The van der Waals surface area contributed by atoms with E-state index in [0.29, 0.717) is 0 Å². The predicted octanol–water partition coefficient (Wildman–Crippen LogP) is 2.71. The van der Waals surface area contributed by atoms with E-state index in [1.165, 1.54) is 72.1 Å². The van der Waals surface area contributed by atoms with Crippen LogP contribution in [-0.4, -0.2) is 4.80 Å². The van der Waals surface area contributed by atoms with Crippen LogP contribution < -0.4 is 24.8 Å². The zero-order chi connectivity index (χ0) is 21.6. The molecule has 0 saturated heterocycles. The Morgan fingerprint density at radius 3 is 1.00 bits per heavy atom. The van der Waals surface area contributed by atoms with Crippen molar-refractivity contribution in [2.24, 2.45) is 0 Å². The van der Waals surface area contributed by atoms with Crippen molar-refractivity contribution in [2.75, 3.05) is 0 Å². The van der Waals surface area contributed by atoms with Crippen LogP contribution in [0, 0.1) is 0 Å². The molecule has 0 heterocycles. The molecule has 0 radical (unpaired) electrons. The number of hydrogen-bond acceptors (Lipinski definition) is 0. The maximum Gasteiger partial charge on any atom is -0.0771 e. The molecule has 0 aliphatic carbocycles. The third-order valence-electron chi connectivity index (χ3n) is 5.36. The van der Waals surface area contributed by atoms with Crippen molar-refractivity contribution in [3.05, 3.63) is 109 Å². The Balaban J connectivity index is 0.000000186. The van der Waals surface area contributed by atoms with Crippen LogP contribution in [0.1, 0.15) is 6.92 Å². The third-order valence-corrected chi connectivity index (χ3v) is 10.6. The summed E-state index contributed by atoms with van der Waals surface area (Å²) in [5.74, 6) is 0. The van der Waals surface area contributed by atoms with Crippen molar-refractivity contribution in [1.82, 2.24) is 0 Å². The monoisotopic (exact) mass is 672 g/mol. The minimum atomic E-state index is -0.263. The first-order valence-electron chi connectivity index (χ1n) is 10.5. The van der Waals surface area contributed by atoms with Gasteiger partial charge >= 0.3 is 51.9 Å². The van der Waals surface area contributed by atoms with Gasteiger partial charge < -0.3 is 24.8 Å². The van der Waals surface area contributed by atoms with E-state index in [2.05, 4.69) is 116 Å². The standard InChI is InChI=1S/2C13H9.C2H5ClSi.2ClH.Hf/c2*1-3-7-12-10(5-1)9-11-6-2-4-8-13(11)12;1-2-4-3;;;/h2*1-9H;2H2,1H3;2*1H;/q2*-1;;;;+2/p-2. The summed E-state index contributed by atoms with van der Waals surface area (Å²) in [6.45, 7) is 2.15. The summed E-state index contributed by atoms with van der Waals surface area (Å²) in [7, 11) is 0. The van der Waals surface area contributed by atoms with Crippen LogP contribution in [0.3, 0.4) is 0 Å². The Kier molecular flexibility index (Phi) is 11.3. The molecular formula is C28H23Cl3HfSi-2. The summed E-state index contributed by atoms with van der Waals surface area (Å²) in [4.78, 5) is -0.263. The molecule has 0 nitrogen and oxygen atoms in total. The molecule has 0 bridgehead atoms. The van der Waals surface area contributed by atoms with E-state index in [9.17, 15) is 0 Å². The minimum Gasteiger partial charge on any atom is -1.00 e. The molecule has 0 fully saturated rings. The van der Waals surface area contributed by atoms with Crippen molar-refractivity contribution in [3.8, 4) is 0 Å². The van der Waals surface area contributed by atoms with E-state index < -0.39 is 0 Å². The topological polar surface area (TPSA) is 0 Å². The summed E-state index contributed by atoms with van der Waals surface area (Å²) in [6, 6.07) is 39.8. The Bertz CT molecular complexity index is 1260. The summed E-state index contributed by atoms with van der Waals surface area (Å²) in [5.41, 5.74) is 0. The second-order valence-electron chi connectivity index (χ2n) is 7.40. The normalized spacial score (nSPS) is 9.94.